The van der Waals surface area contributed by atoms with Crippen molar-refractivity contribution in [2.75, 3.05) is 0 Å². The van der Waals surface area contributed by atoms with E-state index in [2.05, 4.69) is 5.18 Å². The van der Waals surface area contributed by atoms with Gasteiger partial charge in [-0.25, -0.2) is 0 Å². The van der Waals surface area contributed by atoms with E-state index in [1.807, 2.05) is 0 Å². The Kier molecular flexibility index (Phi) is 2.91. The molecule has 3 nitrogen and oxygen atoms in total. The van der Waals surface area contributed by atoms with Crippen LogP contribution in [-0.2, 0) is 0 Å². The molecule has 1 N–H and O–H groups in total. The summed E-state index contributed by atoms with van der Waals surface area (Å²) in [5.41, 5.74) is -1.94. The van der Waals surface area contributed by atoms with Crippen LogP contribution in [0, 0.1) is 10.3 Å². The molecule has 0 fully saturated rings. The lowest BCUT2D eigenvalue weighted by Crippen LogP contribution is -2.19. The summed E-state index contributed by atoms with van der Waals surface area (Å²) >= 11 is 0. The van der Waals surface area contributed by atoms with Gasteiger partial charge in [-0.3, -0.25) is 5.41 Å². The van der Waals surface area contributed by atoms with Crippen LogP contribution in [-0.4, -0.2) is 11.9 Å². The molecule has 0 aliphatic carbocycles. The summed E-state index contributed by atoms with van der Waals surface area (Å²) < 4.78 is 34.6. The van der Waals surface area contributed by atoms with Crippen LogP contribution >= 0.6 is 0 Å². The van der Waals surface area contributed by atoms with Gasteiger partial charge in [-0.05, 0) is 18.2 Å². The molecule has 0 amide bonds. The molecule has 0 aromatic heterocycles. The van der Waals surface area contributed by atoms with Gasteiger partial charge in [0.15, 0.2) is 0 Å². The molecule has 0 aromatic rings. The standard InChI is InChI=1S/C5H5F3N2O/c1-3(10-11)2-4(9)5(6,7)8/h2,9H,1H3/b3-2-,9-4?. The minimum Gasteiger partial charge on any atom is -0.296 e. The normalized spacial score (nSPS) is 12.9. The van der Waals surface area contributed by atoms with Crippen LogP contribution in [0.25, 0.3) is 0 Å². The second-order valence-corrected chi connectivity index (χ2v) is 1.79. The van der Waals surface area contributed by atoms with Gasteiger partial charge < -0.3 is 0 Å². The van der Waals surface area contributed by atoms with E-state index in [0.717, 1.165) is 6.92 Å². The lowest BCUT2D eigenvalue weighted by molar-refractivity contribution is -0.0584. The van der Waals surface area contributed by atoms with Gasteiger partial charge in [-0.2, -0.15) is 13.2 Å². The highest BCUT2D eigenvalue weighted by atomic mass is 19.4. The average molecular weight is 166 g/mol. The Hall–Kier alpha value is -1.20. The van der Waals surface area contributed by atoms with Crippen LogP contribution in [0.5, 0.6) is 0 Å². The van der Waals surface area contributed by atoms with Crippen molar-refractivity contribution in [1.29, 1.82) is 5.41 Å². The number of hydrogen-bond acceptors (Lipinski definition) is 3. The molecule has 0 radical (unpaired) electrons. The Bertz CT molecular complexity index is 206. The predicted molar refractivity (Wildman–Crippen MR) is 33.3 cm³/mol. The van der Waals surface area contributed by atoms with E-state index in [4.69, 9.17) is 5.41 Å². The van der Waals surface area contributed by atoms with Gasteiger partial charge in [-0.1, -0.05) is 0 Å². The van der Waals surface area contributed by atoms with E-state index in [1.54, 1.807) is 0 Å². The molecule has 62 valence electrons. The molecule has 0 unspecified atom stereocenters. The average Bonchev–Trinajstić information content (AvgIpc) is 1.85. The topological polar surface area (TPSA) is 53.3 Å². The summed E-state index contributed by atoms with van der Waals surface area (Å²) in [5.74, 6) is 0. The Morgan fingerprint density at radius 2 is 2.00 bits per heavy atom. The van der Waals surface area contributed by atoms with Crippen molar-refractivity contribution in [2.24, 2.45) is 5.18 Å². The fourth-order valence-corrected chi connectivity index (χ4v) is 0.317. The van der Waals surface area contributed by atoms with Crippen LogP contribution in [0.2, 0.25) is 0 Å². The molecule has 0 aliphatic rings. The highest BCUT2D eigenvalue weighted by Gasteiger charge is 2.32. The third kappa shape index (κ3) is 3.49. The minimum absolute atomic E-state index is 0.368. The Balaban J connectivity index is 4.42. The molecule has 0 heterocycles. The number of nitrogens with one attached hydrogen (secondary N) is 1. The summed E-state index contributed by atoms with van der Waals surface area (Å²) in [6.45, 7) is 1.09. The number of hydrogen-bond donors (Lipinski definition) is 1. The number of nitroso groups, excluding NO2 is 1. The van der Waals surface area contributed by atoms with Crippen molar-refractivity contribution in [3.63, 3.8) is 0 Å². The Morgan fingerprint density at radius 1 is 1.55 bits per heavy atom. The second kappa shape index (κ2) is 3.27. The highest BCUT2D eigenvalue weighted by molar-refractivity contribution is 5.97. The van der Waals surface area contributed by atoms with Crippen LogP contribution in [0.3, 0.4) is 0 Å². The molecule has 0 saturated carbocycles. The van der Waals surface area contributed by atoms with Crippen molar-refractivity contribution in [2.45, 2.75) is 13.1 Å². The first-order valence-electron chi connectivity index (χ1n) is 2.55. The van der Waals surface area contributed by atoms with Gasteiger partial charge >= 0.3 is 6.18 Å². The number of allylic oxidation sites excluding steroid dienone is 2. The monoisotopic (exact) mass is 166 g/mol. The van der Waals surface area contributed by atoms with Gasteiger partial charge in [0.2, 0.25) is 0 Å². The molecule has 0 aliphatic heterocycles. The van der Waals surface area contributed by atoms with Gasteiger partial charge in [0.05, 0.1) is 5.70 Å². The Morgan fingerprint density at radius 3 is 2.27 bits per heavy atom. The number of nitrogens with zero attached hydrogens (tertiary/aromatic N) is 1. The summed E-state index contributed by atoms with van der Waals surface area (Å²) in [7, 11) is 0. The van der Waals surface area contributed by atoms with Gasteiger partial charge in [0.25, 0.3) is 0 Å². The van der Waals surface area contributed by atoms with Crippen LogP contribution < -0.4 is 0 Å². The van der Waals surface area contributed by atoms with Crippen molar-refractivity contribution < 1.29 is 13.2 Å². The van der Waals surface area contributed by atoms with Crippen molar-refractivity contribution >= 4 is 5.71 Å². The molecule has 0 rings (SSSR count). The highest BCUT2D eigenvalue weighted by Crippen LogP contribution is 2.17. The van der Waals surface area contributed by atoms with Crippen LogP contribution in [0.15, 0.2) is 16.9 Å². The van der Waals surface area contributed by atoms with Crippen molar-refractivity contribution in [1.82, 2.24) is 0 Å². The number of alkyl halides is 3. The zero-order valence-electron chi connectivity index (χ0n) is 5.57. The fraction of sp³-hybridized carbons (Fsp3) is 0.400. The molecule has 0 bridgehead atoms. The van der Waals surface area contributed by atoms with E-state index < -0.39 is 11.9 Å². The number of rotatable bonds is 2. The summed E-state index contributed by atoms with van der Waals surface area (Å²) in [4.78, 5) is 9.58. The van der Waals surface area contributed by atoms with Crippen molar-refractivity contribution in [3.05, 3.63) is 16.7 Å². The zero-order valence-corrected chi connectivity index (χ0v) is 5.57. The molecular weight excluding hydrogens is 161 g/mol. The van der Waals surface area contributed by atoms with E-state index in [0.29, 0.717) is 6.08 Å². The zero-order chi connectivity index (χ0) is 9.07. The first-order valence-corrected chi connectivity index (χ1v) is 2.55. The first-order chi connectivity index (χ1) is 4.88. The summed E-state index contributed by atoms with van der Waals surface area (Å²) in [5, 5.41) is 8.59. The molecule has 11 heavy (non-hydrogen) atoms. The molecule has 0 saturated heterocycles. The summed E-state index contributed by atoms with van der Waals surface area (Å²) in [6, 6.07) is 0. The summed E-state index contributed by atoms with van der Waals surface area (Å²) in [6.07, 6.45) is -4.33. The molecule has 6 heteroatoms. The predicted octanol–water partition coefficient (Wildman–Crippen LogP) is 2.24. The second-order valence-electron chi connectivity index (χ2n) is 1.79. The maximum Gasteiger partial charge on any atom is 0.432 e. The third-order valence-corrected chi connectivity index (χ3v) is 0.803. The lowest BCUT2D eigenvalue weighted by Gasteiger charge is -2.02. The van der Waals surface area contributed by atoms with E-state index in [9.17, 15) is 18.1 Å². The first kappa shape index (κ1) is 9.80. The van der Waals surface area contributed by atoms with Crippen molar-refractivity contribution in [3.8, 4) is 0 Å². The molecular formula is C5H5F3N2O. The minimum atomic E-state index is -4.70. The lowest BCUT2D eigenvalue weighted by atomic mass is 10.3. The van der Waals surface area contributed by atoms with Gasteiger partial charge in [0.1, 0.15) is 5.71 Å². The largest absolute Gasteiger partial charge is 0.432 e. The van der Waals surface area contributed by atoms with E-state index in [1.165, 1.54) is 0 Å². The molecule has 0 spiro atoms. The van der Waals surface area contributed by atoms with Gasteiger partial charge in [0, 0.05) is 0 Å². The van der Waals surface area contributed by atoms with Crippen LogP contribution in [0.4, 0.5) is 13.2 Å². The maximum absolute atomic E-state index is 11.5. The number of halogens is 3. The fourth-order valence-electron chi connectivity index (χ4n) is 0.317. The molecule has 0 atom stereocenters. The smallest absolute Gasteiger partial charge is 0.296 e. The third-order valence-electron chi connectivity index (χ3n) is 0.803. The Labute approximate surface area is 60.4 Å². The maximum atomic E-state index is 11.5. The SMILES string of the molecule is C/C(=C/C(=N)C(F)(F)F)N=O. The molecule has 0 aromatic carbocycles. The quantitative estimate of drug-likeness (QED) is 0.496. The van der Waals surface area contributed by atoms with Gasteiger partial charge in [-0.15, -0.1) is 4.91 Å². The van der Waals surface area contributed by atoms with E-state index in [-0.39, 0.29) is 5.70 Å². The van der Waals surface area contributed by atoms with E-state index >= 15 is 0 Å². The van der Waals surface area contributed by atoms with Crippen LogP contribution in [0.1, 0.15) is 6.92 Å².